The first-order chi connectivity index (χ1) is 38.0. The molecule has 0 bridgehead atoms. The van der Waals surface area contributed by atoms with Gasteiger partial charge in [-0.3, -0.25) is 24.1 Å². The summed E-state index contributed by atoms with van der Waals surface area (Å²) in [5.41, 5.74) is -8.05. The zero-order valence-corrected chi connectivity index (χ0v) is 51.8. The molecule has 0 aromatic rings. The van der Waals surface area contributed by atoms with Crippen LogP contribution in [0.4, 0.5) is 4.39 Å². The number of aliphatic hydroxyl groups is 6. The van der Waals surface area contributed by atoms with E-state index in [4.69, 9.17) is 28.4 Å². The second-order valence-corrected chi connectivity index (χ2v) is 27.6. The molecule has 82 heavy (non-hydrogen) atoms. The maximum atomic E-state index is 17.9. The van der Waals surface area contributed by atoms with Gasteiger partial charge in [0.05, 0.1) is 53.7 Å². The van der Waals surface area contributed by atoms with Gasteiger partial charge in [-0.15, -0.1) is 0 Å². The maximum Gasteiger partial charge on any atom is 0.311 e. The third-order valence-electron chi connectivity index (χ3n) is 21.6. The highest BCUT2D eigenvalue weighted by molar-refractivity contribution is 6.01. The second-order valence-electron chi connectivity index (χ2n) is 27.6. The molecular weight excluding hydrogens is 1060 g/mol. The van der Waals surface area contributed by atoms with Crippen LogP contribution < -0.4 is 5.32 Å². The molecule has 26 atom stereocenters. The van der Waals surface area contributed by atoms with Gasteiger partial charge in [0.2, 0.25) is 11.8 Å². The molecular formula is C62H102FN3O16. The molecule has 0 aromatic carbocycles. The van der Waals surface area contributed by atoms with E-state index in [-0.39, 0.29) is 74.1 Å². The van der Waals surface area contributed by atoms with Crippen molar-refractivity contribution in [2.75, 3.05) is 33.8 Å². The van der Waals surface area contributed by atoms with Gasteiger partial charge in [0.1, 0.15) is 30.0 Å². The summed E-state index contributed by atoms with van der Waals surface area (Å²) in [6, 6.07) is -1.49. The predicted octanol–water partition coefficient (Wildman–Crippen LogP) is 4.93. The first-order valence-corrected chi connectivity index (χ1v) is 30.5. The first kappa shape index (κ1) is 66.5. The third kappa shape index (κ3) is 12.3. The van der Waals surface area contributed by atoms with Crippen molar-refractivity contribution < 1.29 is 82.6 Å². The number of carbonyl (C=O) groups is 4. The number of ether oxygens (including phenoxy) is 6. The number of methoxy groups -OCH3 is 1. The van der Waals surface area contributed by atoms with Gasteiger partial charge in [-0.25, -0.2) is 4.39 Å². The highest BCUT2D eigenvalue weighted by Crippen LogP contribution is 2.69. The van der Waals surface area contributed by atoms with Gasteiger partial charge in [0.25, 0.3) is 0 Å². The molecule has 7 rings (SSSR count). The number of aliphatic hydroxyl groups excluding tert-OH is 4. The summed E-state index contributed by atoms with van der Waals surface area (Å²) in [7, 11) is 3.07. The fraction of sp³-hybridized carbons (Fsp3) is 0.871. The van der Waals surface area contributed by atoms with Crippen LogP contribution in [-0.4, -0.2) is 200 Å². The Labute approximate surface area is 486 Å². The molecule has 0 aromatic heterocycles. The largest absolute Gasteiger partial charge is 0.459 e. The second kappa shape index (κ2) is 25.0. The van der Waals surface area contributed by atoms with Crippen LogP contribution >= 0.6 is 0 Å². The van der Waals surface area contributed by atoms with Gasteiger partial charge < -0.3 is 69.3 Å². The number of allylic oxidation sites excluding steroid dienone is 4. The lowest BCUT2D eigenvalue weighted by atomic mass is 9.45. The van der Waals surface area contributed by atoms with E-state index in [2.05, 4.69) is 5.32 Å². The number of halogens is 1. The molecule has 468 valence electrons. The number of ketones is 1. The number of fused-ring (bicyclic) bond motifs is 5. The maximum absolute atomic E-state index is 17.9. The van der Waals surface area contributed by atoms with E-state index in [0.717, 1.165) is 0 Å². The summed E-state index contributed by atoms with van der Waals surface area (Å²) in [6.07, 6.45) is -5.40. The Morgan fingerprint density at radius 3 is 2.22 bits per heavy atom. The van der Waals surface area contributed by atoms with Gasteiger partial charge >= 0.3 is 5.97 Å². The minimum atomic E-state index is -2.01. The van der Waals surface area contributed by atoms with Crippen molar-refractivity contribution in [2.45, 2.75) is 257 Å². The Morgan fingerprint density at radius 1 is 0.915 bits per heavy atom. The first-order valence-electron chi connectivity index (χ1n) is 30.5. The Bertz CT molecular complexity index is 2360. The van der Waals surface area contributed by atoms with Crippen molar-refractivity contribution in [3.63, 3.8) is 0 Å². The molecule has 0 radical (unpaired) electrons. The lowest BCUT2D eigenvalue weighted by Crippen LogP contribution is -2.67. The van der Waals surface area contributed by atoms with Crippen molar-refractivity contribution >= 4 is 23.6 Å². The van der Waals surface area contributed by atoms with Crippen molar-refractivity contribution in [1.29, 1.82) is 0 Å². The quantitative estimate of drug-likeness (QED) is 0.101. The zero-order chi connectivity index (χ0) is 61.1. The molecule has 2 amide bonds. The van der Waals surface area contributed by atoms with Crippen LogP contribution in [0.15, 0.2) is 23.8 Å². The highest BCUT2D eigenvalue weighted by atomic mass is 19.1. The van der Waals surface area contributed by atoms with Crippen molar-refractivity contribution in [3.05, 3.63) is 23.8 Å². The number of amides is 2. The molecule has 4 aliphatic carbocycles. The van der Waals surface area contributed by atoms with Crippen LogP contribution in [0, 0.1) is 52.3 Å². The lowest BCUT2D eigenvalue weighted by Gasteiger charge is -2.61. The molecule has 7 aliphatic rings. The average Bonchev–Trinajstić information content (AvgIpc) is 1.85. The number of hydrogen-bond acceptors (Lipinski definition) is 17. The van der Waals surface area contributed by atoms with Crippen LogP contribution in [0.2, 0.25) is 0 Å². The molecule has 3 heterocycles. The lowest BCUT2D eigenvalue weighted by molar-refractivity contribution is -0.317. The van der Waals surface area contributed by atoms with E-state index in [1.807, 2.05) is 25.7 Å². The average molecular weight is 1160 g/mol. The third-order valence-corrected chi connectivity index (χ3v) is 21.6. The topological polar surface area (TPSA) is 264 Å². The minimum absolute atomic E-state index is 0.0447. The number of cyclic esters (lactones) is 1. The summed E-state index contributed by atoms with van der Waals surface area (Å²) in [4.78, 5) is 57.8. The van der Waals surface area contributed by atoms with E-state index in [1.165, 1.54) is 38.0 Å². The summed E-state index contributed by atoms with van der Waals surface area (Å²) in [5.74, 6) is -5.21. The number of carbonyl (C=O) groups excluding carboxylic acids is 4. The number of nitrogens with one attached hydrogen (secondary N) is 1. The molecule has 3 saturated carbocycles. The molecule has 4 unspecified atom stereocenters. The van der Waals surface area contributed by atoms with Crippen LogP contribution in [0.25, 0.3) is 0 Å². The summed E-state index contributed by atoms with van der Waals surface area (Å²) in [5, 5.41) is 76.0. The number of hydrogen-bond donors (Lipinski definition) is 7. The Kier molecular flexibility index (Phi) is 20.3. The number of alkyl halides is 1. The summed E-state index contributed by atoms with van der Waals surface area (Å²) in [6.45, 7) is 25.1. The van der Waals surface area contributed by atoms with E-state index in [0.29, 0.717) is 44.2 Å². The predicted molar refractivity (Wildman–Crippen MR) is 302 cm³/mol. The van der Waals surface area contributed by atoms with E-state index in [1.54, 1.807) is 75.4 Å². The summed E-state index contributed by atoms with van der Waals surface area (Å²) < 4.78 is 56.1. The Hall–Kier alpha value is -2.99. The number of rotatable bonds is 12. The van der Waals surface area contributed by atoms with E-state index >= 15 is 4.39 Å². The Morgan fingerprint density at radius 2 is 1.59 bits per heavy atom. The highest BCUT2D eigenvalue weighted by Gasteiger charge is 2.72. The van der Waals surface area contributed by atoms with Crippen LogP contribution in [0.3, 0.4) is 0 Å². The SMILES string of the molecule is CC[C@H]1OC(=O)[C@H](C)[C@@H](OC2C[C@@](C)(OC)[C@@H](O)[C@H](C)O2)[C@@H](C)[C@@H](OC2O[C@H](C)C[C@H](N(C)C(C)=O)[C@H]2O)[C@](C)(O)C[C@@H](C)CN(CCCNC(=O)[C@H]2[C@H](C)CC3C4CCC5=CC(=O)C=C[C@]5(C)[C@@]4(F)[C@@H](O)C[C@@]32C)[C@H](C)[C@@H](O)[C@]1(C)O. The van der Waals surface area contributed by atoms with Crippen molar-refractivity contribution in [1.82, 2.24) is 15.1 Å². The van der Waals surface area contributed by atoms with Gasteiger partial charge in [-0.2, -0.15) is 0 Å². The standard InChI is InChI=1S/C62H102FN3O16/c1-17-46-61(14,76)51(71)37(7)66(24-18-23-64-54(73)48-33(3)25-43-42-20-19-40-27-41(68)21-22-58(40,11)62(42,63)45(69)29-57(43,48)10)31-32(2)28-59(12,75)53(82-56-49(70)44(26-34(4)78-56)65(15)39(9)67)35(5)50(36(6)55(74)80-46)81-47-30-60(13,77-16)52(72)38(8)79-47/h21-22,27,32-38,42-53,56,69-72,75-76H,17-20,23-26,28-31H2,1-16H3,(H,64,73)/t32-,33-,34-,35-,36-,37-,38+,42?,43?,44+,45+,46-,47?,48-,49-,50+,51-,52+,53-,56?,57+,58+,59-,60-,61-,62+/m1/s1. The van der Waals surface area contributed by atoms with E-state index in [9.17, 15) is 49.8 Å². The normalized spacial score (nSPS) is 48.8. The molecule has 3 aliphatic heterocycles. The number of likely N-dealkylation sites (N-methyl/N-ethyl adjacent to an activating group) is 1. The van der Waals surface area contributed by atoms with Crippen LogP contribution in [-0.2, 0) is 47.6 Å². The summed E-state index contributed by atoms with van der Waals surface area (Å²) >= 11 is 0. The van der Waals surface area contributed by atoms with Gasteiger partial charge in [0.15, 0.2) is 24.0 Å². The van der Waals surface area contributed by atoms with Crippen molar-refractivity contribution in [3.8, 4) is 0 Å². The van der Waals surface area contributed by atoms with Gasteiger partial charge in [0, 0.05) is 76.3 Å². The van der Waals surface area contributed by atoms with Crippen LogP contribution in [0.5, 0.6) is 0 Å². The Balaban J connectivity index is 1.16. The number of nitrogens with zero attached hydrogens (tertiary/aromatic N) is 2. The minimum Gasteiger partial charge on any atom is -0.459 e. The van der Waals surface area contributed by atoms with Crippen molar-refractivity contribution in [2.24, 2.45) is 52.3 Å². The molecule has 3 saturated heterocycles. The van der Waals surface area contributed by atoms with E-state index < -0.39 is 143 Å². The monoisotopic (exact) mass is 1160 g/mol. The molecule has 20 heteroatoms. The van der Waals surface area contributed by atoms with Gasteiger partial charge in [-0.1, -0.05) is 46.3 Å². The van der Waals surface area contributed by atoms with Crippen LogP contribution in [0.1, 0.15) is 155 Å². The molecule has 7 N–H and O–H groups in total. The molecule has 6 fully saturated rings. The molecule has 19 nitrogen and oxygen atoms in total. The fourth-order valence-corrected chi connectivity index (χ4v) is 16.7. The zero-order valence-electron chi connectivity index (χ0n) is 51.8. The number of esters is 1. The van der Waals surface area contributed by atoms with Gasteiger partial charge in [-0.05, 0) is 142 Å². The smallest absolute Gasteiger partial charge is 0.311 e. The fourth-order valence-electron chi connectivity index (χ4n) is 16.7. The molecule has 0 spiro atoms.